The van der Waals surface area contributed by atoms with Crippen LogP contribution in [0.25, 0.3) is 11.1 Å². The fourth-order valence-corrected chi connectivity index (χ4v) is 6.57. The van der Waals surface area contributed by atoms with Crippen LogP contribution < -0.4 is 5.32 Å². The van der Waals surface area contributed by atoms with E-state index >= 15 is 0 Å². The molecule has 0 aromatic heterocycles. The number of carboxylic acids is 1. The summed E-state index contributed by atoms with van der Waals surface area (Å²) in [6.07, 6.45) is -0.665. The first-order valence-electron chi connectivity index (χ1n) is 11.3. The Bertz CT molecular complexity index is 1230. The van der Waals surface area contributed by atoms with Crippen molar-refractivity contribution in [3.8, 4) is 11.1 Å². The zero-order valence-corrected chi connectivity index (χ0v) is 20.4. The van der Waals surface area contributed by atoms with Gasteiger partial charge in [0, 0.05) is 12.0 Å². The Morgan fingerprint density at radius 1 is 1.06 bits per heavy atom. The van der Waals surface area contributed by atoms with E-state index in [4.69, 9.17) is 4.74 Å². The van der Waals surface area contributed by atoms with E-state index in [1.807, 2.05) is 48.5 Å². The molecule has 0 bridgehead atoms. The molecule has 1 fully saturated rings. The summed E-state index contributed by atoms with van der Waals surface area (Å²) in [5.74, 6) is -2.51. The van der Waals surface area contributed by atoms with E-state index in [-0.39, 0.29) is 30.5 Å². The van der Waals surface area contributed by atoms with Crippen molar-refractivity contribution in [2.75, 3.05) is 24.7 Å². The van der Waals surface area contributed by atoms with Crippen LogP contribution in [0.5, 0.6) is 0 Å². The highest BCUT2D eigenvalue weighted by Crippen LogP contribution is 2.44. The van der Waals surface area contributed by atoms with Crippen LogP contribution in [-0.2, 0) is 24.2 Å². The number of benzene rings is 2. The molecule has 35 heavy (non-hydrogen) atoms. The van der Waals surface area contributed by atoms with Crippen LogP contribution in [0.2, 0.25) is 0 Å². The summed E-state index contributed by atoms with van der Waals surface area (Å²) in [4.78, 5) is 38.3. The summed E-state index contributed by atoms with van der Waals surface area (Å²) < 4.78 is 29.3. The molecule has 0 spiro atoms. The molecule has 0 saturated carbocycles. The lowest BCUT2D eigenvalue weighted by Crippen LogP contribution is -2.59. The number of alkyl carbamates (subject to hydrolysis) is 1. The SMILES string of the molecule is CC(C)(NC(=O)OCC1c2ccccc2-c2ccccc21)C(=O)N(CC(=O)O)C1CCS(=O)(=O)C1. The molecule has 1 aliphatic carbocycles. The van der Waals surface area contributed by atoms with Crippen molar-refractivity contribution in [2.24, 2.45) is 0 Å². The number of hydrogen-bond donors (Lipinski definition) is 2. The molecule has 0 radical (unpaired) electrons. The number of carbonyl (C=O) groups excluding carboxylic acids is 2. The summed E-state index contributed by atoms with van der Waals surface area (Å²) in [5.41, 5.74) is 2.76. The van der Waals surface area contributed by atoms with Crippen LogP contribution in [0.3, 0.4) is 0 Å². The number of fused-ring (bicyclic) bond motifs is 3. The number of amides is 2. The Hall–Kier alpha value is -3.40. The summed E-state index contributed by atoms with van der Waals surface area (Å²) in [7, 11) is -3.34. The van der Waals surface area contributed by atoms with Crippen molar-refractivity contribution >= 4 is 27.8 Å². The quantitative estimate of drug-likeness (QED) is 0.597. The Labute approximate surface area is 204 Å². The Morgan fingerprint density at radius 2 is 1.63 bits per heavy atom. The van der Waals surface area contributed by atoms with Gasteiger partial charge in [-0.2, -0.15) is 0 Å². The minimum Gasteiger partial charge on any atom is -0.480 e. The largest absolute Gasteiger partial charge is 0.480 e. The van der Waals surface area contributed by atoms with Gasteiger partial charge in [-0.25, -0.2) is 13.2 Å². The van der Waals surface area contributed by atoms with Gasteiger partial charge in [-0.15, -0.1) is 0 Å². The molecule has 4 rings (SSSR count). The number of nitrogens with zero attached hydrogens (tertiary/aromatic N) is 1. The van der Waals surface area contributed by atoms with Crippen molar-refractivity contribution in [1.29, 1.82) is 0 Å². The number of aliphatic carboxylic acids is 1. The van der Waals surface area contributed by atoms with Crippen LogP contribution >= 0.6 is 0 Å². The maximum absolute atomic E-state index is 13.2. The Morgan fingerprint density at radius 3 is 2.14 bits per heavy atom. The van der Waals surface area contributed by atoms with Crippen molar-refractivity contribution in [3.63, 3.8) is 0 Å². The third-order valence-electron chi connectivity index (χ3n) is 6.51. The van der Waals surface area contributed by atoms with Crippen molar-refractivity contribution in [3.05, 3.63) is 59.7 Å². The van der Waals surface area contributed by atoms with Crippen LogP contribution in [0.15, 0.2) is 48.5 Å². The van der Waals surface area contributed by atoms with E-state index in [1.165, 1.54) is 13.8 Å². The molecule has 1 aliphatic heterocycles. The van der Waals surface area contributed by atoms with Gasteiger partial charge in [-0.1, -0.05) is 48.5 Å². The van der Waals surface area contributed by atoms with Gasteiger partial charge in [0.15, 0.2) is 9.84 Å². The van der Waals surface area contributed by atoms with Gasteiger partial charge in [-0.3, -0.25) is 9.59 Å². The topological polar surface area (TPSA) is 130 Å². The molecule has 2 aliphatic rings. The van der Waals surface area contributed by atoms with Crippen molar-refractivity contribution < 1.29 is 32.6 Å². The number of nitrogens with one attached hydrogen (secondary N) is 1. The smallest absolute Gasteiger partial charge is 0.408 e. The van der Waals surface area contributed by atoms with E-state index in [0.29, 0.717) is 0 Å². The zero-order chi connectivity index (χ0) is 25.4. The molecule has 1 heterocycles. The lowest BCUT2D eigenvalue weighted by Gasteiger charge is -2.34. The van der Waals surface area contributed by atoms with Gasteiger partial charge >= 0.3 is 12.1 Å². The lowest BCUT2D eigenvalue weighted by molar-refractivity contribution is -0.148. The standard InChI is InChI=1S/C25H28N2O7S/c1-25(2,23(30)27(13-22(28)29)16-11-12-35(32,33)15-16)26-24(31)34-14-21-19-9-5-3-7-17(19)18-8-4-6-10-20(18)21/h3-10,16,21H,11-15H2,1-2H3,(H,26,31)(H,28,29). The maximum atomic E-state index is 13.2. The van der Waals surface area contributed by atoms with Crippen molar-refractivity contribution in [1.82, 2.24) is 10.2 Å². The average Bonchev–Trinajstić information content (AvgIpc) is 3.32. The van der Waals surface area contributed by atoms with Gasteiger partial charge in [0.05, 0.1) is 11.5 Å². The first-order chi connectivity index (χ1) is 16.5. The number of hydrogen-bond acceptors (Lipinski definition) is 6. The highest BCUT2D eigenvalue weighted by Gasteiger charge is 2.42. The second kappa shape index (κ2) is 9.33. The van der Waals surface area contributed by atoms with Gasteiger partial charge < -0.3 is 20.1 Å². The molecule has 2 aromatic rings. The van der Waals surface area contributed by atoms with E-state index in [0.717, 1.165) is 27.2 Å². The molecule has 9 nitrogen and oxygen atoms in total. The molecule has 1 unspecified atom stereocenters. The number of carboxylic acid groups (broad SMARTS) is 1. The summed E-state index contributed by atoms with van der Waals surface area (Å²) in [6.45, 7) is 2.28. The Kier molecular flexibility index (Phi) is 6.59. The van der Waals surface area contributed by atoms with Gasteiger partial charge in [0.2, 0.25) is 5.91 Å². The predicted molar refractivity (Wildman–Crippen MR) is 129 cm³/mol. The normalized spacial score (nSPS) is 18.4. The van der Waals surface area contributed by atoms with E-state index in [9.17, 15) is 27.9 Å². The molecule has 10 heteroatoms. The second-order valence-electron chi connectivity index (χ2n) is 9.46. The fourth-order valence-electron chi connectivity index (χ4n) is 4.84. The predicted octanol–water partition coefficient (Wildman–Crippen LogP) is 2.40. The van der Waals surface area contributed by atoms with Crippen LogP contribution in [0.4, 0.5) is 4.79 Å². The van der Waals surface area contributed by atoms with Crippen LogP contribution in [0.1, 0.15) is 37.3 Å². The highest BCUT2D eigenvalue weighted by atomic mass is 32.2. The van der Waals surface area contributed by atoms with Gasteiger partial charge in [0.25, 0.3) is 0 Å². The third kappa shape index (κ3) is 5.17. The number of ether oxygens (including phenoxy) is 1. The minimum atomic E-state index is -3.34. The molecule has 1 saturated heterocycles. The molecule has 2 amide bonds. The van der Waals surface area contributed by atoms with E-state index in [1.54, 1.807) is 0 Å². The summed E-state index contributed by atoms with van der Waals surface area (Å²) >= 11 is 0. The number of sulfone groups is 1. The average molecular weight is 501 g/mol. The Balaban J connectivity index is 1.44. The molecule has 2 aromatic carbocycles. The summed E-state index contributed by atoms with van der Waals surface area (Å²) in [5, 5.41) is 11.8. The minimum absolute atomic E-state index is 0.0594. The summed E-state index contributed by atoms with van der Waals surface area (Å²) in [6, 6.07) is 15.1. The highest BCUT2D eigenvalue weighted by molar-refractivity contribution is 7.91. The molecule has 186 valence electrons. The van der Waals surface area contributed by atoms with Gasteiger partial charge in [-0.05, 0) is 42.5 Å². The van der Waals surface area contributed by atoms with Crippen LogP contribution in [0, 0.1) is 0 Å². The second-order valence-corrected chi connectivity index (χ2v) is 11.7. The number of rotatable bonds is 7. The lowest BCUT2D eigenvalue weighted by atomic mass is 9.98. The molecular formula is C25H28N2O7S. The van der Waals surface area contributed by atoms with E-state index < -0.39 is 45.9 Å². The monoisotopic (exact) mass is 500 g/mol. The molecular weight excluding hydrogens is 472 g/mol. The number of carbonyl (C=O) groups is 3. The molecule has 1 atom stereocenters. The zero-order valence-electron chi connectivity index (χ0n) is 19.6. The first-order valence-corrected chi connectivity index (χ1v) is 13.2. The van der Waals surface area contributed by atoms with Crippen molar-refractivity contribution in [2.45, 2.75) is 37.8 Å². The first kappa shape index (κ1) is 24.7. The maximum Gasteiger partial charge on any atom is 0.408 e. The van der Waals surface area contributed by atoms with Gasteiger partial charge in [0.1, 0.15) is 18.7 Å². The van der Waals surface area contributed by atoms with Crippen LogP contribution in [-0.4, -0.2) is 72.6 Å². The van der Waals surface area contributed by atoms with E-state index in [2.05, 4.69) is 5.32 Å². The fraction of sp³-hybridized carbons (Fsp3) is 0.400. The molecule has 2 N–H and O–H groups in total. The third-order valence-corrected chi connectivity index (χ3v) is 8.26.